The van der Waals surface area contributed by atoms with Crippen LogP contribution in [-0.4, -0.2) is 4.92 Å². The molecule has 0 aliphatic rings. The van der Waals surface area contributed by atoms with Crippen molar-refractivity contribution in [2.75, 3.05) is 5.43 Å². The Morgan fingerprint density at radius 3 is 2.38 bits per heavy atom. The molecule has 0 saturated heterocycles. The lowest BCUT2D eigenvalue weighted by Crippen LogP contribution is -2.12. The van der Waals surface area contributed by atoms with Crippen LogP contribution < -0.4 is 11.3 Å². The van der Waals surface area contributed by atoms with Crippen LogP contribution >= 0.6 is 11.6 Å². The number of nitro groups is 1. The van der Waals surface area contributed by atoms with Crippen molar-refractivity contribution in [3.8, 4) is 0 Å². The molecule has 1 aromatic carbocycles. The standard InChI is InChI=1S/C7H5ClF3N3O2/c8-4-1-3(7(9,10)11)2-5(14(15)16)6(4)13-12/h1-2,13H,12H2. The minimum Gasteiger partial charge on any atom is -0.317 e. The molecule has 9 heteroatoms. The number of nitrogens with one attached hydrogen (secondary N) is 1. The van der Waals surface area contributed by atoms with Crippen LogP contribution in [0.1, 0.15) is 5.56 Å². The summed E-state index contributed by atoms with van der Waals surface area (Å²) in [6, 6.07) is 0.921. The summed E-state index contributed by atoms with van der Waals surface area (Å²) >= 11 is 5.44. The van der Waals surface area contributed by atoms with Gasteiger partial charge >= 0.3 is 6.18 Å². The first-order valence-corrected chi connectivity index (χ1v) is 4.17. The molecular formula is C7H5ClF3N3O2. The molecule has 1 rings (SSSR count). The Hall–Kier alpha value is -1.54. The number of nitrogens with zero attached hydrogens (tertiary/aromatic N) is 1. The van der Waals surface area contributed by atoms with Gasteiger partial charge in [0.15, 0.2) is 0 Å². The SMILES string of the molecule is NNc1c(Cl)cc(C(F)(F)F)cc1[N+](=O)[O-]. The molecule has 5 nitrogen and oxygen atoms in total. The number of rotatable bonds is 2. The van der Waals surface area contributed by atoms with Gasteiger partial charge in [-0.3, -0.25) is 16.0 Å². The van der Waals surface area contributed by atoms with E-state index in [1.165, 1.54) is 0 Å². The number of benzene rings is 1. The first-order valence-electron chi connectivity index (χ1n) is 3.79. The number of anilines is 1. The van der Waals surface area contributed by atoms with Crippen molar-refractivity contribution in [1.82, 2.24) is 0 Å². The third-order valence-electron chi connectivity index (χ3n) is 1.74. The van der Waals surface area contributed by atoms with Crippen molar-refractivity contribution in [2.45, 2.75) is 6.18 Å². The van der Waals surface area contributed by atoms with E-state index in [9.17, 15) is 23.3 Å². The Kier molecular flexibility index (Phi) is 3.24. The number of nitrogen functional groups attached to an aromatic ring is 1. The third kappa shape index (κ3) is 2.34. The maximum Gasteiger partial charge on any atom is 0.416 e. The van der Waals surface area contributed by atoms with Gasteiger partial charge in [0.2, 0.25) is 0 Å². The summed E-state index contributed by atoms with van der Waals surface area (Å²) in [5.41, 5.74) is -0.515. The monoisotopic (exact) mass is 255 g/mol. The first-order chi connectivity index (χ1) is 7.27. The second-order valence-corrected chi connectivity index (χ2v) is 3.16. The lowest BCUT2D eigenvalue weighted by atomic mass is 10.1. The van der Waals surface area contributed by atoms with Crippen LogP contribution in [0.2, 0.25) is 5.02 Å². The average molecular weight is 256 g/mol. The minimum atomic E-state index is -4.71. The zero-order valence-corrected chi connectivity index (χ0v) is 8.26. The van der Waals surface area contributed by atoms with Crippen molar-refractivity contribution in [3.63, 3.8) is 0 Å². The molecule has 0 saturated carbocycles. The molecule has 0 atom stereocenters. The van der Waals surface area contributed by atoms with Crippen LogP contribution in [0.15, 0.2) is 12.1 Å². The van der Waals surface area contributed by atoms with Crippen molar-refractivity contribution >= 4 is 23.0 Å². The van der Waals surface area contributed by atoms with E-state index in [4.69, 9.17) is 17.4 Å². The normalized spacial score (nSPS) is 11.3. The van der Waals surface area contributed by atoms with Crippen molar-refractivity contribution < 1.29 is 18.1 Å². The summed E-state index contributed by atoms with van der Waals surface area (Å²) in [5.74, 6) is 4.93. The van der Waals surface area contributed by atoms with E-state index in [0.29, 0.717) is 12.1 Å². The summed E-state index contributed by atoms with van der Waals surface area (Å²) in [7, 11) is 0. The number of halogens is 4. The average Bonchev–Trinajstić information content (AvgIpc) is 2.14. The smallest absolute Gasteiger partial charge is 0.317 e. The van der Waals surface area contributed by atoms with Crippen LogP contribution in [-0.2, 0) is 6.18 Å². The van der Waals surface area contributed by atoms with Crippen LogP contribution in [0.4, 0.5) is 24.5 Å². The Morgan fingerprint density at radius 2 is 2.00 bits per heavy atom. The molecule has 0 radical (unpaired) electrons. The first kappa shape index (κ1) is 12.5. The van der Waals surface area contributed by atoms with E-state index in [-0.39, 0.29) is 5.69 Å². The third-order valence-corrected chi connectivity index (χ3v) is 2.04. The number of alkyl halides is 3. The van der Waals surface area contributed by atoms with E-state index >= 15 is 0 Å². The molecule has 0 bridgehead atoms. The van der Waals surface area contributed by atoms with Gasteiger partial charge in [0.1, 0.15) is 5.69 Å². The van der Waals surface area contributed by atoms with Crippen LogP contribution in [0.3, 0.4) is 0 Å². The largest absolute Gasteiger partial charge is 0.416 e. The fraction of sp³-hybridized carbons (Fsp3) is 0.143. The van der Waals surface area contributed by atoms with Crippen LogP contribution in [0, 0.1) is 10.1 Å². The fourth-order valence-electron chi connectivity index (χ4n) is 1.04. The Morgan fingerprint density at radius 1 is 1.44 bits per heavy atom. The van der Waals surface area contributed by atoms with E-state index < -0.39 is 27.4 Å². The quantitative estimate of drug-likeness (QED) is 0.483. The molecule has 88 valence electrons. The molecule has 0 fully saturated rings. The second kappa shape index (κ2) is 4.14. The highest BCUT2D eigenvalue weighted by molar-refractivity contribution is 6.33. The van der Waals surface area contributed by atoms with Crippen molar-refractivity contribution in [3.05, 3.63) is 32.8 Å². The van der Waals surface area contributed by atoms with Crippen molar-refractivity contribution in [1.29, 1.82) is 0 Å². The molecule has 0 heterocycles. The van der Waals surface area contributed by atoms with Crippen molar-refractivity contribution in [2.24, 2.45) is 5.84 Å². The van der Waals surface area contributed by atoms with Crippen LogP contribution in [0.25, 0.3) is 0 Å². The topological polar surface area (TPSA) is 81.2 Å². The fourth-order valence-corrected chi connectivity index (χ4v) is 1.31. The number of nitro benzene ring substituents is 1. The molecule has 0 aliphatic carbocycles. The summed E-state index contributed by atoms with van der Waals surface area (Å²) in [6.45, 7) is 0. The van der Waals surface area contributed by atoms with E-state index in [2.05, 4.69) is 0 Å². The van der Waals surface area contributed by atoms with Gasteiger partial charge in [-0.05, 0) is 6.07 Å². The van der Waals surface area contributed by atoms with Gasteiger partial charge in [-0.2, -0.15) is 13.2 Å². The zero-order valence-electron chi connectivity index (χ0n) is 7.51. The van der Waals surface area contributed by atoms with Gasteiger partial charge in [-0.25, -0.2) is 0 Å². The summed E-state index contributed by atoms with van der Waals surface area (Å²) in [6.07, 6.45) is -4.71. The highest BCUT2D eigenvalue weighted by atomic mass is 35.5. The van der Waals surface area contributed by atoms with E-state index in [1.54, 1.807) is 0 Å². The van der Waals surface area contributed by atoms with Gasteiger partial charge in [0.05, 0.1) is 15.5 Å². The lowest BCUT2D eigenvalue weighted by Gasteiger charge is -2.10. The van der Waals surface area contributed by atoms with E-state index in [1.807, 2.05) is 5.43 Å². The molecular weight excluding hydrogens is 251 g/mol. The van der Waals surface area contributed by atoms with Gasteiger partial charge in [-0.15, -0.1) is 0 Å². The maximum absolute atomic E-state index is 12.3. The summed E-state index contributed by atoms with van der Waals surface area (Å²) in [4.78, 5) is 9.49. The summed E-state index contributed by atoms with van der Waals surface area (Å²) < 4.78 is 36.9. The zero-order chi connectivity index (χ0) is 12.5. The molecule has 16 heavy (non-hydrogen) atoms. The second-order valence-electron chi connectivity index (χ2n) is 2.75. The number of hydrogen-bond donors (Lipinski definition) is 2. The minimum absolute atomic E-state index is 0.361. The molecule has 0 aliphatic heterocycles. The molecule has 0 amide bonds. The molecule has 0 unspecified atom stereocenters. The number of hydrogen-bond acceptors (Lipinski definition) is 4. The highest BCUT2D eigenvalue weighted by Crippen LogP contribution is 2.39. The molecule has 0 spiro atoms. The Bertz CT molecular complexity index is 436. The Balaban J connectivity index is 3.46. The van der Waals surface area contributed by atoms with Gasteiger partial charge in [0, 0.05) is 6.07 Å². The molecule has 1 aromatic rings. The molecule has 0 aromatic heterocycles. The van der Waals surface area contributed by atoms with Gasteiger partial charge in [0.25, 0.3) is 5.69 Å². The predicted molar refractivity (Wildman–Crippen MR) is 50.9 cm³/mol. The van der Waals surface area contributed by atoms with Gasteiger partial charge in [-0.1, -0.05) is 11.6 Å². The highest BCUT2D eigenvalue weighted by Gasteiger charge is 2.34. The number of nitrogens with two attached hydrogens (primary N) is 1. The predicted octanol–water partition coefficient (Wildman–Crippen LogP) is 2.55. The maximum atomic E-state index is 12.3. The summed E-state index contributed by atoms with van der Waals surface area (Å²) in [5, 5.41) is 10.0. The lowest BCUT2D eigenvalue weighted by molar-refractivity contribution is -0.384. The van der Waals surface area contributed by atoms with Crippen LogP contribution in [0.5, 0.6) is 0 Å². The van der Waals surface area contributed by atoms with E-state index in [0.717, 1.165) is 0 Å². The Labute approximate surface area is 92.1 Å². The van der Waals surface area contributed by atoms with Gasteiger partial charge < -0.3 is 5.43 Å². The number of hydrazine groups is 1. The molecule has 3 N–H and O–H groups in total.